The van der Waals surface area contributed by atoms with Crippen molar-refractivity contribution in [3.05, 3.63) is 56.0 Å². The molecule has 2 aromatic carbocycles. The third-order valence-electron chi connectivity index (χ3n) is 5.11. The number of nitrogens with one attached hydrogen (secondary N) is 1. The molecule has 0 radical (unpaired) electrons. The summed E-state index contributed by atoms with van der Waals surface area (Å²) >= 11 is 7.07. The lowest BCUT2D eigenvalue weighted by Crippen LogP contribution is -2.48. The lowest BCUT2D eigenvalue weighted by atomic mass is 10.1. The van der Waals surface area contributed by atoms with Gasteiger partial charge in [-0.15, -0.1) is 0 Å². The quantitative estimate of drug-likeness (QED) is 0.656. The minimum absolute atomic E-state index is 0.0143. The van der Waals surface area contributed by atoms with Gasteiger partial charge in [-0.1, -0.05) is 12.1 Å². The number of aryl methyl sites for hydroxylation is 2. The van der Waals surface area contributed by atoms with Gasteiger partial charge in [0.25, 0.3) is 0 Å². The average molecular weight is 495 g/mol. The predicted molar refractivity (Wildman–Crippen MR) is 120 cm³/mol. The van der Waals surface area contributed by atoms with E-state index in [1.54, 1.807) is 0 Å². The highest BCUT2D eigenvalue weighted by Gasteiger charge is 2.21. The summed E-state index contributed by atoms with van der Waals surface area (Å²) in [5.74, 6) is 0.0143. The Balaban J connectivity index is 1.56. The van der Waals surface area contributed by atoms with Crippen LogP contribution in [0.15, 0.2) is 39.3 Å². The molecule has 0 unspecified atom stereocenters. The van der Waals surface area contributed by atoms with Crippen LogP contribution >= 0.6 is 31.9 Å². The van der Waals surface area contributed by atoms with Gasteiger partial charge < -0.3 is 10.2 Å². The monoisotopic (exact) mass is 493 g/mol. The molecule has 1 N–H and O–H groups in total. The molecule has 3 rings (SSSR count). The highest BCUT2D eigenvalue weighted by Crippen LogP contribution is 2.32. The normalized spacial score (nSPS) is 15.1. The number of halogens is 2. The Labute approximate surface area is 178 Å². The molecule has 0 aromatic heterocycles. The maximum Gasteiger partial charge on any atom is 0.238 e. The summed E-state index contributed by atoms with van der Waals surface area (Å²) in [6, 6.07) is 10.5. The van der Waals surface area contributed by atoms with Crippen molar-refractivity contribution in [1.29, 1.82) is 0 Å². The smallest absolute Gasteiger partial charge is 0.238 e. The van der Waals surface area contributed by atoms with E-state index in [0.29, 0.717) is 6.54 Å². The number of hydrogen-bond acceptors (Lipinski definition) is 3. The van der Waals surface area contributed by atoms with E-state index in [4.69, 9.17) is 0 Å². The average Bonchev–Trinajstić information content (AvgIpc) is 2.61. The maximum absolute atomic E-state index is 12.5. The second-order valence-electron chi connectivity index (χ2n) is 7.13. The van der Waals surface area contributed by atoms with Crippen LogP contribution in [0.2, 0.25) is 0 Å². The zero-order chi connectivity index (χ0) is 19.6. The first-order valence-electron chi connectivity index (χ1n) is 9.14. The van der Waals surface area contributed by atoms with Crippen molar-refractivity contribution in [3.63, 3.8) is 0 Å². The van der Waals surface area contributed by atoms with Crippen molar-refractivity contribution < 1.29 is 4.79 Å². The van der Waals surface area contributed by atoms with Crippen molar-refractivity contribution in [2.45, 2.75) is 20.8 Å². The number of rotatable bonds is 4. The molecule has 1 amide bonds. The summed E-state index contributed by atoms with van der Waals surface area (Å²) in [4.78, 5) is 17.1. The zero-order valence-electron chi connectivity index (χ0n) is 16.0. The fourth-order valence-electron chi connectivity index (χ4n) is 3.43. The molecule has 144 valence electrons. The number of anilines is 2. The van der Waals surface area contributed by atoms with Gasteiger partial charge >= 0.3 is 0 Å². The SMILES string of the molecule is Cc1cc(Br)c(NC(=O)CN2CCN(c3cccc(C)c3C)CC2)c(Br)c1. The van der Waals surface area contributed by atoms with Crippen LogP contribution in [-0.4, -0.2) is 43.5 Å². The van der Waals surface area contributed by atoms with Crippen LogP contribution in [0.1, 0.15) is 16.7 Å². The van der Waals surface area contributed by atoms with E-state index >= 15 is 0 Å². The lowest BCUT2D eigenvalue weighted by Gasteiger charge is -2.36. The van der Waals surface area contributed by atoms with Crippen molar-refractivity contribution >= 4 is 49.1 Å². The summed E-state index contributed by atoms with van der Waals surface area (Å²) < 4.78 is 1.78. The van der Waals surface area contributed by atoms with Crippen molar-refractivity contribution in [2.24, 2.45) is 0 Å². The van der Waals surface area contributed by atoms with Crippen LogP contribution < -0.4 is 10.2 Å². The van der Waals surface area contributed by atoms with E-state index in [-0.39, 0.29) is 5.91 Å². The number of carbonyl (C=O) groups is 1. The van der Waals surface area contributed by atoms with Crippen molar-refractivity contribution in [2.75, 3.05) is 42.9 Å². The second-order valence-corrected chi connectivity index (χ2v) is 8.84. The van der Waals surface area contributed by atoms with E-state index in [2.05, 4.69) is 79.0 Å². The lowest BCUT2D eigenvalue weighted by molar-refractivity contribution is -0.117. The standard InChI is InChI=1S/C21H25Br2N3O/c1-14-11-17(22)21(18(23)12-14)24-20(27)13-25-7-9-26(10-8-25)19-6-4-5-15(2)16(19)3/h4-6,11-12H,7-10,13H2,1-3H3,(H,24,27). The third-order valence-corrected chi connectivity index (χ3v) is 6.36. The Morgan fingerprint density at radius 3 is 2.30 bits per heavy atom. The topological polar surface area (TPSA) is 35.6 Å². The summed E-state index contributed by atoms with van der Waals surface area (Å²) in [5, 5.41) is 3.02. The van der Waals surface area contributed by atoms with Crippen molar-refractivity contribution in [3.8, 4) is 0 Å². The van der Waals surface area contributed by atoms with Gasteiger partial charge in [0.2, 0.25) is 5.91 Å². The fourth-order valence-corrected chi connectivity index (χ4v) is 5.04. The number of hydrogen-bond donors (Lipinski definition) is 1. The largest absolute Gasteiger partial charge is 0.369 e. The molecule has 0 saturated carbocycles. The third kappa shape index (κ3) is 4.92. The Hall–Kier alpha value is -1.37. The molecule has 1 aliphatic rings. The zero-order valence-corrected chi connectivity index (χ0v) is 19.2. The molecular weight excluding hydrogens is 470 g/mol. The number of nitrogens with zero attached hydrogens (tertiary/aromatic N) is 2. The van der Waals surface area contributed by atoms with Gasteiger partial charge in [-0.05, 0) is 87.5 Å². The van der Waals surface area contributed by atoms with Crippen LogP contribution in [0.3, 0.4) is 0 Å². The first-order chi connectivity index (χ1) is 12.8. The van der Waals surface area contributed by atoms with E-state index in [9.17, 15) is 4.79 Å². The van der Waals surface area contributed by atoms with Gasteiger partial charge in [-0.2, -0.15) is 0 Å². The van der Waals surface area contributed by atoms with Gasteiger partial charge in [-0.3, -0.25) is 9.69 Å². The van der Waals surface area contributed by atoms with E-state index in [0.717, 1.165) is 46.4 Å². The van der Waals surface area contributed by atoms with Gasteiger partial charge in [-0.25, -0.2) is 0 Å². The van der Waals surface area contributed by atoms with Gasteiger partial charge in [0.1, 0.15) is 0 Å². The molecule has 0 atom stereocenters. The Bertz CT molecular complexity index is 822. The molecule has 1 heterocycles. The molecule has 1 saturated heterocycles. The highest BCUT2D eigenvalue weighted by atomic mass is 79.9. The first kappa shape index (κ1) is 20.4. The Morgan fingerprint density at radius 2 is 1.67 bits per heavy atom. The first-order valence-corrected chi connectivity index (χ1v) is 10.7. The molecule has 6 heteroatoms. The Kier molecular flexibility index (Phi) is 6.61. The van der Waals surface area contributed by atoms with Gasteiger partial charge in [0.05, 0.1) is 12.2 Å². The molecule has 1 fully saturated rings. The van der Waals surface area contributed by atoms with Crippen LogP contribution in [0, 0.1) is 20.8 Å². The fraction of sp³-hybridized carbons (Fsp3) is 0.381. The molecule has 27 heavy (non-hydrogen) atoms. The minimum atomic E-state index is 0.0143. The van der Waals surface area contributed by atoms with Gasteiger partial charge in [0, 0.05) is 40.8 Å². The van der Waals surface area contributed by atoms with Crippen LogP contribution in [0.25, 0.3) is 0 Å². The van der Waals surface area contributed by atoms with Crippen LogP contribution in [0.4, 0.5) is 11.4 Å². The summed E-state index contributed by atoms with van der Waals surface area (Å²) in [6.07, 6.45) is 0. The number of piperazine rings is 1. The van der Waals surface area contributed by atoms with E-state index in [1.165, 1.54) is 16.8 Å². The maximum atomic E-state index is 12.5. The molecular formula is C21H25Br2N3O. The number of benzene rings is 2. The molecule has 0 bridgehead atoms. The van der Waals surface area contributed by atoms with Crippen LogP contribution in [-0.2, 0) is 4.79 Å². The predicted octanol–water partition coefficient (Wildman–Crippen LogP) is 4.90. The van der Waals surface area contributed by atoms with Gasteiger partial charge in [0.15, 0.2) is 0 Å². The second kappa shape index (κ2) is 8.76. The molecule has 0 aliphatic carbocycles. The Morgan fingerprint density at radius 1 is 1.04 bits per heavy atom. The highest BCUT2D eigenvalue weighted by molar-refractivity contribution is 9.11. The summed E-state index contributed by atoms with van der Waals surface area (Å²) in [7, 11) is 0. The van der Waals surface area contributed by atoms with Crippen molar-refractivity contribution in [1.82, 2.24) is 4.90 Å². The number of carbonyl (C=O) groups excluding carboxylic acids is 1. The minimum Gasteiger partial charge on any atom is -0.369 e. The summed E-state index contributed by atoms with van der Waals surface area (Å²) in [5.41, 5.74) is 5.90. The summed E-state index contributed by atoms with van der Waals surface area (Å²) in [6.45, 7) is 10.4. The number of amides is 1. The molecule has 2 aromatic rings. The molecule has 0 spiro atoms. The molecule has 1 aliphatic heterocycles. The van der Waals surface area contributed by atoms with E-state index in [1.807, 2.05) is 19.1 Å². The van der Waals surface area contributed by atoms with Crippen LogP contribution in [0.5, 0.6) is 0 Å². The van der Waals surface area contributed by atoms with E-state index < -0.39 is 0 Å². The molecule has 4 nitrogen and oxygen atoms in total.